The molecule has 8 heavy (non-hydrogen) atoms. The molecule has 1 N–H and O–H groups in total. The van der Waals surface area contributed by atoms with Gasteiger partial charge in [-0.05, 0) is 23.9 Å². The Morgan fingerprint density at radius 2 is 2.50 bits per heavy atom. The van der Waals surface area contributed by atoms with E-state index in [1.165, 1.54) is 5.56 Å². The van der Waals surface area contributed by atoms with E-state index in [0.29, 0.717) is 0 Å². The minimum atomic E-state index is 0.919. The maximum atomic E-state index is 8.44. The van der Waals surface area contributed by atoms with Gasteiger partial charge in [-0.25, -0.2) is 0 Å². The highest BCUT2D eigenvalue weighted by Crippen LogP contribution is 2.09. The van der Waals surface area contributed by atoms with Gasteiger partial charge >= 0.3 is 6.29 Å². The van der Waals surface area contributed by atoms with Crippen molar-refractivity contribution in [3.8, 4) is 0 Å². The first kappa shape index (κ1) is 5.51. The second kappa shape index (κ2) is 2.09. The van der Waals surface area contributed by atoms with E-state index in [2.05, 4.69) is 0 Å². The van der Waals surface area contributed by atoms with Gasteiger partial charge in [0, 0.05) is 0 Å². The van der Waals surface area contributed by atoms with Crippen molar-refractivity contribution in [3.05, 3.63) is 21.9 Å². The number of hydrogen-bond donors (Lipinski definition) is 0. The molecule has 1 rings (SSSR count). The van der Waals surface area contributed by atoms with Crippen molar-refractivity contribution in [2.45, 2.75) is 6.92 Å². The van der Waals surface area contributed by atoms with Gasteiger partial charge in [0.2, 0.25) is 0 Å². The molecule has 0 fully saturated rings. The zero-order valence-corrected chi connectivity index (χ0v) is 5.40. The molecule has 1 aromatic heterocycles. The summed E-state index contributed by atoms with van der Waals surface area (Å²) >= 11 is 1.54. The summed E-state index contributed by atoms with van der Waals surface area (Å²) in [4.78, 5) is 9.36. The standard InChI is InChI=1S/C6H6OS/c1-5-2-6(3-7)8-4-5/h2-4H,1H3/p+1. The largest absolute Gasteiger partial charge is 0.322 e. The van der Waals surface area contributed by atoms with E-state index in [9.17, 15) is 0 Å². The highest BCUT2D eigenvalue weighted by molar-refractivity contribution is 7.11. The first-order chi connectivity index (χ1) is 3.83. The van der Waals surface area contributed by atoms with Crippen LogP contribution in [-0.4, -0.2) is 11.1 Å². The lowest BCUT2D eigenvalue weighted by molar-refractivity contribution is 0.696. The minimum Gasteiger partial charge on any atom is -0.280 e. The van der Waals surface area contributed by atoms with E-state index < -0.39 is 0 Å². The van der Waals surface area contributed by atoms with Crippen LogP contribution in [0, 0.1) is 6.92 Å². The lowest BCUT2D eigenvalue weighted by atomic mass is 10.4. The Morgan fingerprint density at radius 3 is 2.75 bits per heavy atom. The summed E-state index contributed by atoms with van der Waals surface area (Å²) < 4.78 is 0. The van der Waals surface area contributed by atoms with Gasteiger partial charge in [-0.2, -0.15) is 0 Å². The average Bonchev–Trinajstić information content (AvgIpc) is 2.14. The fourth-order valence-corrected chi connectivity index (χ4v) is 1.23. The van der Waals surface area contributed by atoms with E-state index in [1.54, 1.807) is 11.3 Å². The van der Waals surface area contributed by atoms with Crippen LogP contribution in [0.5, 0.6) is 0 Å². The fourth-order valence-electron chi connectivity index (χ4n) is 0.521. The van der Waals surface area contributed by atoms with Crippen molar-refractivity contribution in [1.82, 2.24) is 0 Å². The Labute approximate surface area is 52.0 Å². The summed E-state index contributed by atoms with van der Waals surface area (Å²) in [6.45, 7) is 2.00. The van der Waals surface area contributed by atoms with Crippen LogP contribution < -0.4 is 0 Å². The number of carbonyl (C=O) groups excluding carboxylic acids is 1. The van der Waals surface area contributed by atoms with Crippen molar-refractivity contribution in [3.63, 3.8) is 0 Å². The minimum absolute atomic E-state index is 0.919. The number of aldehydes is 1. The average molecular weight is 127 g/mol. The van der Waals surface area contributed by atoms with Crippen LogP contribution in [0.4, 0.5) is 0 Å². The molecule has 0 aliphatic rings. The number of rotatable bonds is 1. The summed E-state index contributed by atoms with van der Waals surface area (Å²) in [5.74, 6) is 0. The van der Waals surface area contributed by atoms with Gasteiger partial charge in [-0.15, -0.1) is 11.3 Å². The molecular weight excluding hydrogens is 120 g/mol. The normalized spacial score (nSPS) is 9.12. The maximum absolute atomic E-state index is 8.44. The molecule has 42 valence electrons. The van der Waals surface area contributed by atoms with Crippen LogP contribution in [-0.2, 0) is 0 Å². The van der Waals surface area contributed by atoms with E-state index >= 15 is 0 Å². The number of hydrogen-bond acceptors (Lipinski definition) is 1. The second-order valence-corrected chi connectivity index (χ2v) is 2.60. The molecule has 1 heterocycles. The summed E-state index contributed by atoms with van der Waals surface area (Å²) in [5.41, 5.74) is 1.20. The summed E-state index contributed by atoms with van der Waals surface area (Å²) in [7, 11) is 0. The van der Waals surface area contributed by atoms with Gasteiger partial charge in [-0.1, -0.05) is 0 Å². The molecule has 0 aromatic carbocycles. The smallest absolute Gasteiger partial charge is 0.280 e. The first-order valence-corrected chi connectivity index (χ1v) is 3.23. The van der Waals surface area contributed by atoms with Gasteiger partial charge in [0.05, 0.1) is 0 Å². The summed E-state index contributed by atoms with van der Waals surface area (Å²) in [6, 6.07) is 1.94. The van der Waals surface area contributed by atoms with Crippen LogP contribution in [0.15, 0.2) is 11.4 Å². The van der Waals surface area contributed by atoms with Gasteiger partial charge in [0.15, 0.2) is 0 Å². The van der Waals surface area contributed by atoms with Crippen LogP contribution in [0.25, 0.3) is 0 Å². The van der Waals surface area contributed by atoms with Crippen molar-refractivity contribution in [2.75, 3.05) is 0 Å². The van der Waals surface area contributed by atoms with Gasteiger partial charge in [-0.3, -0.25) is 4.79 Å². The fraction of sp³-hybridized carbons (Fsp3) is 0.167. The van der Waals surface area contributed by atoms with Crippen LogP contribution >= 0.6 is 11.3 Å². The van der Waals surface area contributed by atoms with Crippen molar-refractivity contribution >= 4 is 17.6 Å². The molecule has 0 saturated heterocycles. The first-order valence-electron chi connectivity index (χ1n) is 2.35. The van der Waals surface area contributed by atoms with E-state index in [1.807, 2.05) is 18.4 Å². The van der Waals surface area contributed by atoms with Gasteiger partial charge in [0.1, 0.15) is 4.88 Å². The SMILES string of the molecule is Cc1csc(C=[OH+])c1. The zero-order chi connectivity index (χ0) is 5.98. The zero-order valence-electron chi connectivity index (χ0n) is 4.59. The highest BCUT2D eigenvalue weighted by Gasteiger charge is 1.93. The van der Waals surface area contributed by atoms with E-state index in [-0.39, 0.29) is 0 Å². The topological polar surface area (TPSA) is 21.4 Å². The van der Waals surface area contributed by atoms with E-state index in [0.717, 1.165) is 11.2 Å². The third-order valence-electron chi connectivity index (χ3n) is 0.878. The van der Waals surface area contributed by atoms with Gasteiger partial charge in [0.25, 0.3) is 0 Å². The number of thiophene rings is 1. The van der Waals surface area contributed by atoms with Crippen LogP contribution in [0.1, 0.15) is 10.4 Å². The predicted molar refractivity (Wildman–Crippen MR) is 36.2 cm³/mol. The van der Waals surface area contributed by atoms with Gasteiger partial charge < -0.3 is 0 Å². The Hall–Kier alpha value is -0.630. The summed E-state index contributed by atoms with van der Waals surface area (Å²) in [6.07, 6.45) is 1.12. The highest BCUT2D eigenvalue weighted by atomic mass is 32.1. The van der Waals surface area contributed by atoms with E-state index in [4.69, 9.17) is 4.79 Å². The lowest BCUT2D eigenvalue weighted by Gasteiger charge is -1.67. The third kappa shape index (κ3) is 0.954. The lowest BCUT2D eigenvalue weighted by Crippen LogP contribution is -1.66. The number of aryl methyl sites for hydroxylation is 1. The molecule has 0 aliphatic carbocycles. The Kier molecular flexibility index (Phi) is 1.44. The Morgan fingerprint density at radius 1 is 1.75 bits per heavy atom. The maximum Gasteiger partial charge on any atom is 0.322 e. The molecule has 2 heteroatoms. The Balaban J connectivity index is 3.00. The van der Waals surface area contributed by atoms with Crippen molar-refractivity contribution in [2.24, 2.45) is 0 Å². The van der Waals surface area contributed by atoms with Crippen LogP contribution in [0.2, 0.25) is 0 Å². The van der Waals surface area contributed by atoms with Crippen molar-refractivity contribution in [1.29, 1.82) is 0 Å². The van der Waals surface area contributed by atoms with Crippen molar-refractivity contribution < 1.29 is 4.79 Å². The summed E-state index contributed by atoms with van der Waals surface area (Å²) in [5, 5.41) is 2.00. The molecule has 1 nitrogen and oxygen atoms in total. The second-order valence-electron chi connectivity index (χ2n) is 1.66. The molecule has 0 aliphatic heterocycles. The molecule has 1 aromatic rings. The molecule has 0 amide bonds. The third-order valence-corrected chi connectivity index (χ3v) is 1.86. The molecule has 0 spiro atoms. The molecule has 0 saturated carbocycles. The van der Waals surface area contributed by atoms with Crippen LogP contribution in [0.3, 0.4) is 0 Å². The molecule has 0 radical (unpaired) electrons. The molecule has 0 atom stereocenters. The quantitative estimate of drug-likeness (QED) is 0.403. The molecule has 0 bridgehead atoms. The predicted octanol–water partition coefficient (Wildman–Crippen LogP) is 1.58. The monoisotopic (exact) mass is 127 g/mol. The molecular formula is C6H7OS+. The Bertz CT molecular complexity index is 190. The molecule has 0 unspecified atom stereocenters.